The number of urea groups is 1. The molecule has 0 saturated carbocycles. The van der Waals surface area contributed by atoms with Crippen LogP contribution < -0.4 is 19.6 Å². The molecular weight excluding hydrogens is 641 g/mol. The minimum Gasteiger partial charge on any atom is -0.497 e. The highest BCUT2D eigenvalue weighted by Gasteiger charge is 2.31. The van der Waals surface area contributed by atoms with Crippen molar-refractivity contribution < 1.29 is 27.4 Å². The van der Waals surface area contributed by atoms with E-state index < -0.39 is 12.4 Å². The summed E-state index contributed by atoms with van der Waals surface area (Å²) in [6.07, 6.45) is -2.56. The normalized spacial score (nSPS) is 12.4. The number of alkyl halides is 3. The lowest BCUT2D eigenvalue weighted by atomic mass is 9.85. The minimum absolute atomic E-state index is 0.239. The van der Waals surface area contributed by atoms with Crippen LogP contribution in [-0.2, 0) is 6.42 Å². The molecule has 5 rings (SSSR count). The lowest BCUT2D eigenvalue weighted by Gasteiger charge is -2.24. The molecule has 0 saturated heterocycles. The fraction of sp³-hybridized carbons (Fsp3) is 0.314. The van der Waals surface area contributed by atoms with Gasteiger partial charge in [0.05, 0.1) is 18.5 Å². The van der Waals surface area contributed by atoms with E-state index in [0.717, 1.165) is 33.8 Å². The first-order valence-electron chi connectivity index (χ1n) is 15.3. The number of amides is 2. The number of nitrogens with one attached hydrogen (secondary N) is 1. The van der Waals surface area contributed by atoms with Crippen LogP contribution in [0.1, 0.15) is 50.4 Å². The number of hydrogen-bond donors (Lipinski definition) is 1. The maximum absolute atomic E-state index is 13.0. The number of thiazole rings is 1. The fourth-order valence-corrected chi connectivity index (χ4v) is 6.10. The molecule has 0 atom stereocenters. The molecule has 2 aromatic heterocycles. The summed E-state index contributed by atoms with van der Waals surface area (Å²) in [5, 5.41) is 9.44. The standard InChI is InChI=1S/C35H37F3N6O3S/c1-22(2)29-17-28(46-6)15-16-30(29)44-23(3)19-48-33(44)41-32(45)39-20-34(4,5)18-24-7-9-25(10-8-24)31-40-21-43(42-31)26-11-13-27(14-12-26)47-35(36,37)38/h7-17,19,21-22H,18,20H2,1-6H3,(H,39,45). The van der Waals surface area contributed by atoms with Gasteiger partial charge in [0.1, 0.15) is 17.8 Å². The lowest BCUT2D eigenvalue weighted by Crippen LogP contribution is -2.35. The maximum Gasteiger partial charge on any atom is 0.573 e. The van der Waals surface area contributed by atoms with E-state index in [1.54, 1.807) is 7.11 Å². The third-order valence-corrected chi connectivity index (χ3v) is 8.56. The van der Waals surface area contributed by atoms with Crippen molar-refractivity contribution in [3.8, 4) is 34.3 Å². The quantitative estimate of drug-likeness (QED) is 0.162. The van der Waals surface area contributed by atoms with Crippen molar-refractivity contribution in [1.82, 2.24) is 24.6 Å². The average molecular weight is 679 g/mol. The molecule has 0 aliphatic heterocycles. The van der Waals surface area contributed by atoms with Crippen molar-refractivity contribution >= 4 is 17.4 Å². The van der Waals surface area contributed by atoms with Gasteiger partial charge < -0.3 is 14.8 Å². The van der Waals surface area contributed by atoms with E-state index in [1.165, 1.54) is 46.6 Å². The molecule has 0 fully saturated rings. The van der Waals surface area contributed by atoms with Crippen LogP contribution in [-0.4, -0.2) is 45.4 Å². The summed E-state index contributed by atoms with van der Waals surface area (Å²) in [5.74, 6) is 1.18. The van der Waals surface area contributed by atoms with E-state index in [2.05, 4.69) is 52.8 Å². The Labute approximate surface area is 280 Å². The van der Waals surface area contributed by atoms with E-state index in [4.69, 9.17) is 4.74 Å². The highest BCUT2D eigenvalue weighted by Crippen LogP contribution is 2.29. The molecule has 252 valence electrons. The van der Waals surface area contributed by atoms with Crippen LogP contribution in [0.2, 0.25) is 0 Å². The Morgan fingerprint density at radius 1 is 1.02 bits per heavy atom. The van der Waals surface area contributed by atoms with Crippen LogP contribution >= 0.6 is 11.3 Å². The second kappa shape index (κ2) is 14.1. The number of ether oxygens (including phenoxy) is 2. The maximum atomic E-state index is 13.0. The van der Waals surface area contributed by atoms with Gasteiger partial charge in [-0.15, -0.1) is 29.6 Å². The van der Waals surface area contributed by atoms with Gasteiger partial charge in [-0.25, -0.2) is 14.5 Å². The van der Waals surface area contributed by atoms with Crippen LogP contribution in [0.25, 0.3) is 22.8 Å². The van der Waals surface area contributed by atoms with Gasteiger partial charge >= 0.3 is 12.4 Å². The van der Waals surface area contributed by atoms with Gasteiger partial charge in [0.25, 0.3) is 0 Å². The van der Waals surface area contributed by atoms with Gasteiger partial charge in [0.15, 0.2) is 10.6 Å². The molecule has 2 amide bonds. The molecule has 48 heavy (non-hydrogen) atoms. The minimum atomic E-state index is -4.75. The predicted molar refractivity (Wildman–Crippen MR) is 179 cm³/mol. The fourth-order valence-electron chi connectivity index (χ4n) is 5.24. The summed E-state index contributed by atoms with van der Waals surface area (Å²) in [7, 11) is 1.65. The van der Waals surface area contributed by atoms with Crippen molar-refractivity contribution in [2.75, 3.05) is 13.7 Å². The molecule has 2 heterocycles. The number of methoxy groups -OCH3 is 1. The Bertz CT molecular complexity index is 1940. The van der Waals surface area contributed by atoms with E-state index in [-0.39, 0.29) is 17.1 Å². The van der Waals surface area contributed by atoms with E-state index in [0.29, 0.717) is 29.3 Å². The second-order valence-electron chi connectivity index (χ2n) is 12.4. The van der Waals surface area contributed by atoms with Crippen LogP contribution in [0.15, 0.2) is 83.4 Å². The molecule has 13 heteroatoms. The van der Waals surface area contributed by atoms with Crippen molar-refractivity contribution in [3.63, 3.8) is 0 Å². The van der Waals surface area contributed by atoms with E-state index in [1.807, 2.05) is 59.3 Å². The molecule has 3 aromatic carbocycles. The van der Waals surface area contributed by atoms with Gasteiger partial charge in [-0.05, 0) is 78.3 Å². The van der Waals surface area contributed by atoms with Crippen molar-refractivity contribution in [3.05, 3.63) is 100 Å². The number of rotatable bonds is 10. The Hall–Kier alpha value is -4.91. The number of carbonyl (C=O) groups excluding carboxylic acids is 1. The monoisotopic (exact) mass is 678 g/mol. The van der Waals surface area contributed by atoms with Crippen LogP contribution in [0.3, 0.4) is 0 Å². The number of carbonyl (C=O) groups is 1. The number of hydrogen-bond acceptors (Lipinski definition) is 6. The van der Waals surface area contributed by atoms with Gasteiger partial charge in [0.2, 0.25) is 0 Å². The summed E-state index contributed by atoms with van der Waals surface area (Å²) >= 11 is 1.42. The van der Waals surface area contributed by atoms with Crippen molar-refractivity contribution in [2.24, 2.45) is 10.4 Å². The van der Waals surface area contributed by atoms with Crippen LogP contribution in [0.4, 0.5) is 18.0 Å². The highest BCUT2D eigenvalue weighted by molar-refractivity contribution is 7.07. The summed E-state index contributed by atoms with van der Waals surface area (Å²) in [4.78, 5) is 22.4. The first-order valence-corrected chi connectivity index (χ1v) is 16.1. The molecule has 0 radical (unpaired) electrons. The van der Waals surface area contributed by atoms with Gasteiger partial charge in [-0.1, -0.05) is 52.0 Å². The zero-order chi connectivity index (χ0) is 34.6. The van der Waals surface area contributed by atoms with Gasteiger partial charge in [0, 0.05) is 23.2 Å². The largest absolute Gasteiger partial charge is 0.573 e. The zero-order valence-electron chi connectivity index (χ0n) is 27.5. The second-order valence-corrected chi connectivity index (χ2v) is 13.3. The molecule has 0 aliphatic rings. The first kappa shape index (κ1) is 34.4. The number of halogens is 3. The van der Waals surface area contributed by atoms with E-state index >= 15 is 0 Å². The predicted octanol–water partition coefficient (Wildman–Crippen LogP) is 8.00. The summed E-state index contributed by atoms with van der Waals surface area (Å²) < 4.78 is 50.2. The molecule has 0 spiro atoms. The lowest BCUT2D eigenvalue weighted by molar-refractivity contribution is -0.274. The van der Waals surface area contributed by atoms with Gasteiger partial charge in [-0.2, -0.15) is 4.99 Å². The molecule has 9 nitrogen and oxygen atoms in total. The van der Waals surface area contributed by atoms with Crippen molar-refractivity contribution in [2.45, 2.75) is 53.3 Å². The Balaban J connectivity index is 1.22. The summed E-state index contributed by atoms with van der Waals surface area (Å²) in [6, 6.07) is 18.7. The molecule has 1 N–H and O–H groups in total. The Morgan fingerprint density at radius 3 is 2.35 bits per heavy atom. The highest BCUT2D eigenvalue weighted by atomic mass is 32.1. The van der Waals surface area contributed by atoms with Crippen molar-refractivity contribution in [1.29, 1.82) is 0 Å². The number of benzene rings is 3. The Kier molecular flexibility index (Phi) is 10.1. The topological polar surface area (TPSA) is 95.6 Å². The molecule has 0 bridgehead atoms. The first-order chi connectivity index (χ1) is 22.7. The van der Waals surface area contributed by atoms with Gasteiger partial charge in [-0.3, -0.25) is 4.57 Å². The number of aryl methyl sites for hydroxylation is 1. The zero-order valence-corrected chi connectivity index (χ0v) is 28.3. The summed E-state index contributed by atoms with van der Waals surface area (Å²) in [5.41, 5.74) is 5.19. The molecule has 0 unspecified atom stereocenters. The molecule has 5 aromatic rings. The average Bonchev–Trinajstić information content (AvgIpc) is 3.66. The molecule has 0 aliphatic carbocycles. The van der Waals surface area contributed by atoms with Crippen LogP contribution in [0, 0.1) is 12.3 Å². The van der Waals surface area contributed by atoms with Crippen LogP contribution in [0.5, 0.6) is 11.5 Å². The summed E-state index contributed by atoms with van der Waals surface area (Å²) in [6.45, 7) is 10.8. The third-order valence-electron chi connectivity index (χ3n) is 7.61. The van der Waals surface area contributed by atoms with E-state index in [9.17, 15) is 18.0 Å². The Morgan fingerprint density at radius 2 is 1.71 bits per heavy atom. The molecular formula is C35H37F3N6O3S. The number of aromatic nitrogens is 4. The smallest absolute Gasteiger partial charge is 0.497 e. The third kappa shape index (κ3) is 8.51. The SMILES string of the molecule is COc1ccc(-n2c(C)csc2=NC(=O)NCC(C)(C)Cc2ccc(-c3ncn(-c4ccc(OC(F)(F)F)cc4)n3)cc2)c(C(C)C)c1. The number of nitrogens with zero attached hydrogens (tertiary/aromatic N) is 5.